The topological polar surface area (TPSA) is 64.1 Å². The molecule has 4 nitrogen and oxygen atoms in total. The van der Waals surface area contributed by atoms with Gasteiger partial charge >= 0.3 is 0 Å². The first kappa shape index (κ1) is 13.2. The van der Waals surface area contributed by atoms with Gasteiger partial charge in [-0.05, 0) is 25.3 Å². The minimum atomic E-state index is -0.339. The lowest BCUT2D eigenvalue weighted by Crippen LogP contribution is -2.29. The smallest absolute Gasteiger partial charge is 0.130 e. The maximum absolute atomic E-state index is 10.2. The lowest BCUT2D eigenvalue weighted by Gasteiger charge is -2.28. The molecule has 1 aliphatic rings. The number of hydrogen-bond acceptors (Lipinski definition) is 3. The summed E-state index contributed by atoms with van der Waals surface area (Å²) < 4.78 is 1.83. The predicted molar refractivity (Wildman–Crippen MR) is 80.3 cm³/mol. The van der Waals surface area contributed by atoms with Crippen LogP contribution in [0.25, 0.3) is 11.1 Å². The van der Waals surface area contributed by atoms with Crippen molar-refractivity contribution in [2.45, 2.75) is 44.8 Å². The van der Waals surface area contributed by atoms with E-state index in [0.29, 0.717) is 5.82 Å². The molecule has 3 N–H and O–H groups in total. The zero-order chi connectivity index (χ0) is 14.1. The predicted octanol–water partition coefficient (Wildman–Crippen LogP) is 2.92. The van der Waals surface area contributed by atoms with Crippen molar-refractivity contribution in [1.29, 1.82) is 0 Å². The Labute approximate surface area is 119 Å². The van der Waals surface area contributed by atoms with E-state index in [1.807, 2.05) is 41.9 Å². The zero-order valence-electron chi connectivity index (χ0n) is 11.8. The third kappa shape index (κ3) is 2.20. The molecule has 0 amide bonds. The Morgan fingerprint density at radius 2 is 1.90 bits per heavy atom. The molecule has 0 bridgehead atoms. The minimum Gasteiger partial charge on any atom is -0.391 e. The van der Waals surface area contributed by atoms with Gasteiger partial charge in [0.15, 0.2) is 0 Å². The highest BCUT2D eigenvalue weighted by atomic mass is 16.3. The molecule has 0 saturated heterocycles. The molecule has 3 rings (SSSR count). The Balaban J connectivity index is 2.03. The monoisotopic (exact) mass is 271 g/mol. The number of aliphatic hydroxyl groups excluding tert-OH is 1. The highest BCUT2D eigenvalue weighted by Gasteiger charge is 2.28. The Bertz CT molecular complexity index is 591. The summed E-state index contributed by atoms with van der Waals surface area (Å²) in [6, 6.07) is 10.1. The van der Waals surface area contributed by atoms with Crippen LogP contribution in [0.4, 0.5) is 5.82 Å². The van der Waals surface area contributed by atoms with Gasteiger partial charge in [0.25, 0.3) is 0 Å². The van der Waals surface area contributed by atoms with E-state index in [-0.39, 0.29) is 12.1 Å². The van der Waals surface area contributed by atoms with Gasteiger partial charge in [0.1, 0.15) is 5.82 Å². The number of nitrogens with two attached hydrogens (primary N) is 1. The summed E-state index contributed by atoms with van der Waals surface area (Å²) in [7, 11) is 0. The quantitative estimate of drug-likeness (QED) is 0.882. The third-order valence-corrected chi connectivity index (χ3v) is 4.19. The highest BCUT2D eigenvalue weighted by molar-refractivity contribution is 5.76. The van der Waals surface area contributed by atoms with E-state index < -0.39 is 0 Å². The van der Waals surface area contributed by atoms with Gasteiger partial charge in [-0.15, -0.1) is 0 Å². The molecule has 1 aliphatic carbocycles. The van der Waals surface area contributed by atoms with E-state index in [1.54, 1.807) is 0 Å². The molecule has 106 valence electrons. The van der Waals surface area contributed by atoms with Gasteiger partial charge in [0.2, 0.25) is 0 Å². The van der Waals surface area contributed by atoms with Crippen LogP contribution in [0.1, 0.15) is 37.4 Å². The van der Waals surface area contributed by atoms with Crippen LogP contribution < -0.4 is 5.73 Å². The van der Waals surface area contributed by atoms with E-state index in [4.69, 9.17) is 5.73 Å². The number of nitrogen functional groups attached to an aromatic ring is 1. The van der Waals surface area contributed by atoms with Crippen molar-refractivity contribution in [2.75, 3.05) is 5.73 Å². The normalized spacial score (nSPS) is 22.9. The summed E-state index contributed by atoms with van der Waals surface area (Å²) in [5.74, 6) is 0.666. The second kappa shape index (κ2) is 5.29. The van der Waals surface area contributed by atoms with E-state index in [9.17, 15) is 5.11 Å². The van der Waals surface area contributed by atoms with Crippen molar-refractivity contribution < 1.29 is 5.11 Å². The molecule has 0 radical (unpaired) electrons. The SMILES string of the molecule is Cc1nn(C2CCCCC2O)c(N)c1-c1ccccc1. The maximum Gasteiger partial charge on any atom is 0.130 e. The first-order chi connectivity index (χ1) is 9.68. The first-order valence-electron chi connectivity index (χ1n) is 7.26. The minimum absolute atomic E-state index is 0.0138. The summed E-state index contributed by atoms with van der Waals surface area (Å²) >= 11 is 0. The van der Waals surface area contributed by atoms with Crippen LogP contribution in [0.2, 0.25) is 0 Å². The van der Waals surface area contributed by atoms with Gasteiger partial charge in [0, 0.05) is 5.56 Å². The molecule has 1 fully saturated rings. The number of nitrogens with zero attached hydrogens (tertiary/aromatic N) is 2. The van der Waals surface area contributed by atoms with Crippen molar-refractivity contribution in [3.63, 3.8) is 0 Å². The van der Waals surface area contributed by atoms with Crippen molar-refractivity contribution in [3.05, 3.63) is 36.0 Å². The van der Waals surface area contributed by atoms with Crippen LogP contribution in [-0.2, 0) is 0 Å². The summed E-state index contributed by atoms with van der Waals surface area (Å²) in [5, 5.41) is 14.8. The Morgan fingerprint density at radius 3 is 2.60 bits per heavy atom. The van der Waals surface area contributed by atoms with Crippen molar-refractivity contribution in [1.82, 2.24) is 9.78 Å². The van der Waals surface area contributed by atoms with Gasteiger partial charge < -0.3 is 10.8 Å². The molecule has 2 unspecified atom stereocenters. The molecule has 20 heavy (non-hydrogen) atoms. The summed E-state index contributed by atoms with van der Waals surface area (Å²) in [4.78, 5) is 0. The molecule has 0 aliphatic heterocycles. The van der Waals surface area contributed by atoms with Gasteiger partial charge in [0.05, 0.1) is 17.8 Å². The average Bonchev–Trinajstić information content (AvgIpc) is 2.75. The molecular weight excluding hydrogens is 250 g/mol. The second-order valence-electron chi connectivity index (χ2n) is 5.58. The van der Waals surface area contributed by atoms with Crippen LogP contribution in [0.15, 0.2) is 30.3 Å². The molecule has 1 aromatic carbocycles. The fourth-order valence-corrected chi connectivity index (χ4v) is 3.16. The summed E-state index contributed by atoms with van der Waals surface area (Å²) in [6.07, 6.45) is 3.66. The van der Waals surface area contributed by atoms with Crippen LogP contribution in [-0.4, -0.2) is 21.0 Å². The highest BCUT2D eigenvalue weighted by Crippen LogP contribution is 2.35. The Morgan fingerprint density at radius 1 is 1.20 bits per heavy atom. The number of anilines is 1. The third-order valence-electron chi connectivity index (χ3n) is 4.19. The summed E-state index contributed by atoms with van der Waals surface area (Å²) in [5.41, 5.74) is 9.31. The lowest BCUT2D eigenvalue weighted by molar-refractivity contribution is 0.0704. The Kier molecular flexibility index (Phi) is 3.49. The van der Waals surface area contributed by atoms with E-state index in [2.05, 4.69) is 5.10 Å². The molecular formula is C16H21N3O. The van der Waals surface area contributed by atoms with E-state index >= 15 is 0 Å². The summed E-state index contributed by atoms with van der Waals surface area (Å²) in [6.45, 7) is 1.98. The number of aryl methyl sites for hydroxylation is 1. The lowest BCUT2D eigenvalue weighted by atomic mass is 9.92. The van der Waals surface area contributed by atoms with Gasteiger partial charge in [-0.3, -0.25) is 0 Å². The number of aliphatic hydroxyl groups is 1. The molecule has 2 aromatic rings. The average molecular weight is 271 g/mol. The maximum atomic E-state index is 10.2. The number of hydrogen-bond donors (Lipinski definition) is 2. The van der Waals surface area contributed by atoms with E-state index in [0.717, 1.165) is 42.5 Å². The Hall–Kier alpha value is -1.81. The number of aromatic nitrogens is 2. The van der Waals surface area contributed by atoms with Crippen molar-refractivity contribution in [2.24, 2.45) is 0 Å². The molecule has 1 saturated carbocycles. The van der Waals surface area contributed by atoms with Gasteiger partial charge in [-0.2, -0.15) is 5.10 Å². The van der Waals surface area contributed by atoms with Gasteiger partial charge in [-0.25, -0.2) is 4.68 Å². The second-order valence-corrected chi connectivity index (χ2v) is 5.58. The van der Waals surface area contributed by atoms with Crippen molar-refractivity contribution in [3.8, 4) is 11.1 Å². The first-order valence-corrected chi connectivity index (χ1v) is 7.26. The molecule has 1 aromatic heterocycles. The van der Waals surface area contributed by atoms with E-state index in [1.165, 1.54) is 0 Å². The standard InChI is InChI=1S/C16H21N3O/c1-11-15(12-7-3-2-4-8-12)16(17)19(18-11)13-9-5-6-10-14(13)20/h2-4,7-8,13-14,20H,5-6,9-10,17H2,1H3. The molecule has 4 heteroatoms. The van der Waals surface area contributed by atoms with Crippen LogP contribution in [0.5, 0.6) is 0 Å². The zero-order valence-corrected chi connectivity index (χ0v) is 11.8. The largest absolute Gasteiger partial charge is 0.391 e. The molecule has 0 spiro atoms. The van der Waals surface area contributed by atoms with Gasteiger partial charge in [-0.1, -0.05) is 43.2 Å². The molecule has 1 heterocycles. The number of benzene rings is 1. The number of rotatable bonds is 2. The fourth-order valence-electron chi connectivity index (χ4n) is 3.16. The van der Waals surface area contributed by atoms with Crippen molar-refractivity contribution >= 4 is 5.82 Å². The van der Waals surface area contributed by atoms with Crippen LogP contribution >= 0.6 is 0 Å². The molecule has 2 atom stereocenters. The van der Waals surface area contributed by atoms with Crippen LogP contribution in [0, 0.1) is 6.92 Å². The van der Waals surface area contributed by atoms with Crippen LogP contribution in [0.3, 0.4) is 0 Å². The fraction of sp³-hybridized carbons (Fsp3) is 0.438.